The van der Waals surface area contributed by atoms with Gasteiger partial charge in [0.15, 0.2) is 11.6 Å². The van der Waals surface area contributed by atoms with E-state index in [0.717, 1.165) is 15.8 Å². The number of hydrogen-bond acceptors (Lipinski definition) is 6. The summed E-state index contributed by atoms with van der Waals surface area (Å²) in [6, 6.07) is 7.09. The summed E-state index contributed by atoms with van der Waals surface area (Å²) in [6.45, 7) is -0.139. The second-order valence-corrected chi connectivity index (χ2v) is 5.63. The Labute approximate surface area is 127 Å². The predicted molar refractivity (Wildman–Crippen MR) is 74.8 cm³/mol. The summed E-state index contributed by atoms with van der Waals surface area (Å²) in [5.41, 5.74) is 0.321. The molecule has 1 aromatic carbocycles. The number of carbonyl (C=O) groups is 2. The van der Waals surface area contributed by atoms with Crippen LogP contribution in [0.2, 0.25) is 0 Å². The van der Waals surface area contributed by atoms with Gasteiger partial charge in [-0.05, 0) is 24.3 Å². The van der Waals surface area contributed by atoms with Crippen LogP contribution in [0.25, 0.3) is 0 Å². The average Bonchev–Trinajstić information content (AvgIpc) is 2.85. The van der Waals surface area contributed by atoms with E-state index < -0.39 is 5.97 Å². The zero-order valence-electron chi connectivity index (χ0n) is 10.2. The van der Waals surface area contributed by atoms with E-state index in [2.05, 4.69) is 20.9 Å². The van der Waals surface area contributed by atoms with Gasteiger partial charge in [-0.25, -0.2) is 4.98 Å². The number of rotatable bonds is 6. The van der Waals surface area contributed by atoms with Gasteiger partial charge >= 0.3 is 0 Å². The smallest absolute Gasteiger partial charge is 0.228 e. The number of Topliss-reactive ketones (excluding diaryl/α,β-unsaturated/α-hetero) is 1. The van der Waals surface area contributed by atoms with Crippen LogP contribution in [0.4, 0.5) is 0 Å². The first kappa shape index (κ1) is 14.7. The van der Waals surface area contributed by atoms with Crippen LogP contribution in [0, 0.1) is 0 Å². The topological polar surface area (TPSA) is 79.3 Å². The lowest BCUT2D eigenvalue weighted by Gasteiger charge is -2.03. The van der Waals surface area contributed by atoms with E-state index in [1.54, 1.807) is 24.3 Å². The van der Waals surface area contributed by atoms with Crippen molar-refractivity contribution in [3.8, 4) is 5.75 Å². The van der Waals surface area contributed by atoms with Crippen LogP contribution in [0.15, 0.2) is 34.1 Å². The predicted octanol–water partition coefficient (Wildman–Crippen LogP) is 1.46. The molecule has 0 fully saturated rings. The number of aromatic nitrogens is 1. The van der Waals surface area contributed by atoms with Crippen LogP contribution in [0.3, 0.4) is 0 Å². The number of halogens is 1. The molecule has 0 spiro atoms. The van der Waals surface area contributed by atoms with Gasteiger partial charge in [-0.3, -0.25) is 4.79 Å². The van der Waals surface area contributed by atoms with Crippen LogP contribution >= 0.6 is 27.3 Å². The van der Waals surface area contributed by atoms with Gasteiger partial charge < -0.3 is 14.6 Å². The van der Waals surface area contributed by atoms with Crippen molar-refractivity contribution in [3.63, 3.8) is 0 Å². The molecular weight excluding hydrogens is 346 g/mol. The van der Waals surface area contributed by atoms with Gasteiger partial charge in [0, 0.05) is 22.2 Å². The molecule has 0 N–H and O–H groups in total. The molecule has 0 aliphatic carbocycles. The highest BCUT2D eigenvalue weighted by Crippen LogP contribution is 2.17. The molecule has 0 saturated carbocycles. The molecule has 7 heteroatoms. The van der Waals surface area contributed by atoms with Crippen molar-refractivity contribution in [2.24, 2.45) is 0 Å². The zero-order chi connectivity index (χ0) is 14.5. The van der Waals surface area contributed by atoms with Gasteiger partial charge in [-0.15, -0.1) is 11.3 Å². The van der Waals surface area contributed by atoms with E-state index in [-0.39, 0.29) is 23.8 Å². The first-order chi connectivity index (χ1) is 9.54. The van der Waals surface area contributed by atoms with Crippen LogP contribution < -0.4 is 9.84 Å². The Morgan fingerprint density at radius 2 is 2.00 bits per heavy atom. The SMILES string of the molecule is O=C([O-])Cc1csc(C(=O)COc2ccc(Br)cc2)n1. The van der Waals surface area contributed by atoms with E-state index in [1.165, 1.54) is 5.38 Å². The van der Waals surface area contributed by atoms with Crippen molar-refractivity contribution in [3.05, 3.63) is 44.8 Å². The lowest BCUT2D eigenvalue weighted by atomic mass is 10.3. The summed E-state index contributed by atoms with van der Waals surface area (Å²) in [7, 11) is 0. The van der Waals surface area contributed by atoms with E-state index >= 15 is 0 Å². The Kier molecular flexibility index (Phi) is 4.86. The van der Waals surface area contributed by atoms with Gasteiger partial charge in [0.2, 0.25) is 5.78 Å². The summed E-state index contributed by atoms with van der Waals surface area (Å²) < 4.78 is 6.25. The number of carboxylic acids is 1. The summed E-state index contributed by atoms with van der Waals surface area (Å²) >= 11 is 4.40. The monoisotopic (exact) mass is 354 g/mol. The Hall–Kier alpha value is -1.73. The minimum atomic E-state index is -1.22. The number of benzene rings is 1. The number of ether oxygens (including phenoxy) is 1. The van der Waals surface area contributed by atoms with Gasteiger partial charge in [0.1, 0.15) is 5.75 Å². The molecule has 0 unspecified atom stereocenters. The fourth-order valence-electron chi connectivity index (χ4n) is 1.41. The second kappa shape index (κ2) is 6.62. The Bertz CT molecular complexity index is 624. The number of carbonyl (C=O) groups excluding carboxylic acids is 2. The fraction of sp³-hybridized carbons (Fsp3) is 0.154. The Morgan fingerprint density at radius 3 is 2.65 bits per heavy atom. The maximum absolute atomic E-state index is 11.8. The van der Waals surface area contributed by atoms with Crippen LogP contribution in [-0.4, -0.2) is 23.3 Å². The number of carboxylic acid groups (broad SMARTS) is 1. The van der Waals surface area contributed by atoms with Crippen molar-refractivity contribution in [1.29, 1.82) is 0 Å². The van der Waals surface area contributed by atoms with Crippen molar-refractivity contribution in [2.75, 3.05) is 6.61 Å². The first-order valence-corrected chi connectivity index (χ1v) is 7.27. The molecule has 0 saturated heterocycles. The fourth-order valence-corrected chi connectivity index (χ4v) is 2.41. The van der Waals surface area contributed by atoms with Crippen molar-refractivity contribution < 1.29 is 19.4 Å². The molecule has 1 heterocycles. The summed E-state index contributed by atoms with van der Waals surface area (Å²) in [5, 5.41) is 12.2. The number of hydrogen-bond donors (Lipinski definition) is 0. The highest BCUT2D eigenvalue weighted by atomic mass is 79.9. The molecule has 0 aliphatic heterocycles. The number of aliphatic carboxylic acids is 1. The number of thiazole rings is 1. The molecule has 0 amide bonds. The molecule has 0 bridgehead atoms. The lowest BCUT2D eigenvalue weighted by molar-refractivity contribution is -0.304. The maximum Gasteiger partial charge on any atom is 0.228 e. The molecule has 2 rings (SSSR count). The third kappa shape index (κ3) is 4.14. The standard InChI is InChI=1S/C13H10BrNO4S/c14-8-1-3-10(4-2-8)19-6-11(16)13-15-9(7-20-13)5-12(17)18/h1-4,7H,5-6H2,(H,17,18)/p-1. The van der Waals surface area contributed by atoms with Crippen LogP contribution in [0.5, 0.6) is 5.75 Å². The zero-order valence-corrected chi connectivity index (χ0v) is 12.6. The van der Waals surface area contributed by atoms with Gasteiger partial charge in [0.25, 0.3) is 0 Å². The number of nitrogens with zero attached hydrogens (tertiary/aromatic N) is 1. The Balaban J connectivity index is 1.93. The normalized spacial score (nSPS) is 10.2. The summed E-state index contributed by atoms with van der Waals surface area (Å²) in [5.74, 6) is -0.934. The quantitative estimate of drug-likeness (QED) is 0.733. The Morgan fingerprint density at radius 1 is 1.30 bits per heavy atom. The van der Waals surface area contributed by atoms with Crippen molar-refractivity contribution in [2.45, 2.75) is 6.42 Å². The van der Waals surface area contributed by atoms with Gasteiger partial charge in [-0.1, -0.05) is 15.9 Å². The van der Waals surface area contributed by atoms with Crippen molar-refractivity contribution >= 4 is 39.0 Å². The van der Waals surface area contributed by atoms with Crippen LogP contribution in [0.1, 0.15) is 15.5 Å². The maximum atomic E-state index is 11.8. The highest BCUT2D eigenvalue weighted by Gasteiger charge is 2.12. The molecular formula is C13H9BrNO4S-. The minimum absolute atomic E-state index is 0.139. The van der Waals surface area contributed by atoms with Crippen LogP contribution in [-0.2, 0) is 11.2 Å². The third-order valence-corrected chi connectivity index (χ3v) is 3.76. The molecule has 5 nitrogen and oxygen atoms in total. The molecule has 1 aromatic heterocycles. The van der Waals surface area contributed by atoms with E-state index in [9.17, 15) is 14.7 Å². The number of ketones is 1. The summed E-state index contributed by atoms with van der Waals surface area (Å²) in [6.07, 6.45) is -0.294. The molecule has 0 atom stereocenters. The molecule has 104 valence electrons. The van der Waals surface area contributed by atoms with Gasteiger partial charge in [0.05, 0.1) is 5.69 Å². The first-order valence-electron chi connectivity index (χ1n) is 5.60. The largest absolute Gasteiger partial charge is 0.550 e. The minimum Gasteiger partial charge on any atom is -0.550 e. The lowest BCUT2D eigenvalue weighted by Crippen LogP contribution is -2.24. The van der Waals surface area contributed by atoms with E-state index in [4.69, 9.17) is 4.74 Å². The third-order valence-electron chi connectivity index (χ3n) is 2.30. The van der Waals surface area contributed by atoms with E-state index in [1.807, 2.05) is 0 Å². The molecule has 0 aliphatic rings. The molecule has 20 heavy (non-hydrogen) atoms. The highest BCUT2D eigenvalue weighted by molar-refractivity contribution is 9.10. The second-order valence-electron chi connectivity index (χ2n) is 3.86. The molecule has 0 radical (unpaired) electrons. The van der Waals surface area contributed by atoms with Gasteiger partial charge in [-0.2, -0.15) is 0 Å². The average molecular weight is 355 g/mol. The van der Waals surface area contributed by atoms with Crippen molar-refractivity contribution in [1.82, 2.24) is 4.98 Å². The molecule has 2 aromatic rings. The van der Waals surface area contributed by atoms with E-state index in [0.29, 0.717) is 11.4 Å². The summed E-state index contributed by atoms with van der Waals surface area (Å²) in [4.78, 5) is 26.2.